The van der Waals surface area contributed by atoms with Crippen LogP contribution in [0.3, 0.4) is 0 Å². The maximum absolute atomic E-state index is 14.3. The fraction of sp³-hybridized carbons (Fsp3) is 0.553. The van der Waals surface area contributed by atoms with Crippen LogP contribution in [0.4, 0.5) is 0 Å². The van der Waals surface area contributed by atoms with E-state index >= 15 is 0 Å². The number of nitrogens with one attached hydrogen (secondary N) is 4. The summed E-state index contributed by atoms with van der Waals surface area (Å²) < 4.78 is 5.44. The highest BCUT2D eigenvalue weighted by atomic mass is 16.5. The Bertz CT molecular complexity index is 1560. The van der Waals surface area contributed by atoms with E-state index in [0.29, 0.717) is 44.8 Å². The first-order valence-electron chi connectivity index (χ1n) is 18.1. The fourth-order valence-corrected chi connectivity index (χ4v) is 7.15. The van der Waals surface area contributed by atoms with E-state index in [-0.39, 0.29) is 30.7 Å². The van der Waals surface area contributed by atoms with Gasteiger partial charge in [-0.25, -0.2) is 4.98 Å². The van der Waals surface area contributed by atoms with Crippen molar-refractivity contribution in [3.05, 3.63) is 66.2 Å². The second kappa shape index (κ2) is 18.1. The summed E-state index contributed by atoms with van der Waals surface area (Å²) >= 11 is 0. The molecular formula is C38H52N6O6. The third-order valence-corrected chi connectivity index (χ3v) is 9.83. The molecule has 0 unspecified atom stereocenters. The van der Waals surface area contributed by atoms with Gasteiger partial charge in [0, 0.05) is 43.9 Å². The molecule has 2 aromatic carbocycles. The average Bonchev–Trinajstić information content (AvgIpc) is 3.64. The molecule has 2 fully saturated rings. The summed E-state index contributed by atoms with van der Waals surface area (Å²) in [5.74, 6) is -2.15. The van der Waals surface area contributed by atoms with E-state index in [4.69, 9.17) is 4.74 Å². The van der Waals surface area contributed by atoms with Crippen LogP contribution >= 0.6 is 0 Å². The van der Waals surface area contributed by atoms with Crippen LogP contribution in [0, 0.1) is 11.8 Å². The van der Waals surface area contributed by atoms with Gasteiger partial charge in [0.1, 0.15) is 6.04 Å². The number of amides is 4. The van der Waals surface area contributed by atoms with E-state index in [9.17, 15) is 24.3 Å². The predicted octanol–water partition coefficient (Wildman–Crippen LogP) is 3.04. The van der Waals surface area contributed by atoms with Crippen LogP contribution in [0.25, 0.3) is 10.8 Å². The molecule has 1 aliphatic carbocycles. The summed E-state index contributed by atoms with van der Waals surface area (Å²) in [5.41, 5.74) is 1.56. The molecule has 0 bridgehead atoms. The lowest BCUT2D eigenvalue weighted by Crippen LogP contribution is -2.57. The number of aromatic amines is 1. The van der Waals surface area contributed by atoms with E-state index in [0.717, 1.165) is 48.4 Å². The number of rotatable bonds is 15. The summed E-state index contributed by atoms with van der Waals surface area (Å²) in [6.07, 6.45) is 7.65. The molecule has 4 amide bonds. The number of hydrogen-bond donors (Lipinski definition) is 5. The summed E-state index contributed by atoms with van der Waals surface area (Å²) in [6, 6.07) is 11.7. The van der Waals surface area contributed by atoms with Crippen molar-refractivity contribution in [3.63, 3.8) is 0 Å². The number of aliphatic hydroxyl groups is 1. The maximum atomic E-state index is 14.3. The highest BCUT2D eigenvalue weighted by molar-refractivity contribution is 5.92. The number of benzene rings is 2. The van der Waals surface area contributed by atoms with Gasteiger partial charge >= 0.3 is 0 Å². The van der Waals surface area contributed by atoms with Crippen LogP contribution in [-0.2, 0) is 36.8 Å². The molecule has 1 aromatic heterocycles. The van der Waals surface area contributed by atoms with Gasteiger partial charge in [-0.1, -0.05) is 74.6 Å². The van der Waals surface area contributed by atoms with Gasteiger partial charge in [-0.3, -0.25) is 19.2 Å². The third-order valence-electron chi connectivity index (χ3n) is 9.83. The molecule has 4 atom stereocenters. The molecule has 1 saturated heterocycles. The number of fused-ring (bicyclic) bond motifs is 1. The molecule has 0 spiro atoms. The van der Waals surface area contributed by atoms with Gasteiger partial charge in [0.15, 0.2) is 6.10 Å². The van der Waals surface area contributed by atoms with Crippen molar-refractivity contribution in [2.45, 2.75) is 95.9 Å². The zero-order valence-corrected chi connectivity index (χ0v) is 29.2. The first-order valence-corrected chi connectivity index (χ1v) is 18.1. The van der Waals surface area contributed by atoms with Crippen LogP contribution in [0.2, 0.25) is 0 Å². The van der Waals surface area contributed by atoms with E-state index in [1.807, 2.05) is 56.3 Å². The molecule has 2 heterocycles. The molecule has 0 radical (unpaired) electrons. The Morgan fingerprint density at radius 2 is 1.66 bits per heavy atom. The molecule has 12 nitrogen and oxygen atoms in total. The number of carbonyl (C=O) groups excluding carboxylic acids is 4. The fourth-order valence-electron chi connectivity index (χ4n) is 7.15. The van der Waals surface area contributed by atoms with Crippen LogP contribution < -0.4 is 16.0 Å². The van der Waals surface area contributed by atoms with E-state index in [2.05, 4.69) is 25.9 Å². The van der Waals surface area contributed by atoms with E-state index in [1.54, 1.807) is 11.1 Å². The summed E-state index contributed by atoms with van der Waals surface area (Å²) in [7, 11) is 0. The van der Waals surface area contributed by atoms with Gasteiger partial charge in [0.25, 0.3) is 5.91 Å². The lowest BCUT2D eigenvalue weighted by Gasteiger charge is -2.31. The summed E-state index contributed by atoms with van der Waals surface area (Å²) in [6.45, 7) is 5.44. The Balaban J connectivity index is 1.39. The molecule has 3 aromatic rings. The van der Waals surface area contributed by atoms with Crippen LogP contribution in [0.15, 0.2) is 55.0 Å². The number of aromatic nitrogens is 2. The molecule has 50 heavy (non-hydrogen) atoms. The first-order chi connectivity index (χ1) is 24.2. The highest BCUT2D eigenvalue weighted by Gasteiger charge is 2.35. The van der Waals surface area contributed by atoms with Crippen molar-refractivity contribution < 1.29 is 29.0 Å². The number of nitrogens with zero attached hydrogens (tertiary/aromatic N) is 2. The van der Waals surface area contributed by atoms with Crippen molar-refractivity contribution in [2.24, 2.45) is 11.8 Å². The van der Waals surface area contributed by atoms with Crippen molar-refractivity contribution in [1.29, 1.82) is 0 Å². The minimum Gasteiger partial charge on any atom is -0.381 e. The van der Waals surface area contributed by atoms with Crippen molar-refractivity contribution in [1.82, 2.24) is 30.8 Å². The topological polar surface area (TPSA) is 166 Å². The second-order valence-corrected chi connectivity index (χ2v) is 14.0. The van der Waals surface area contributed by atoms with E-state index in [1.165, 1.54) is 6.33 Å². The summed E-state index contributed by atoms with van der Waals surface area (Å²) in [4.78, 5) is 63.7. The van der Waals surface area contributed by atoms with Crippen molar-refractivity contribution in [2.75, 3.05) is 26.3 Å². The average molecular weight is 689 g/mol. The number of aliphatic hydroxyl groups excluding tert-OH is 1. The SMILES string of the molecule is CC(C)NC(=O)[C@H](O)[C@H](CC1CCCCC1)NC(=O)[C@H](Cc1cnc[nH]1)NC(=O)[C@@H](CC(=O)N1CCOCC1)Cc1cccc2ccccc12. The highest BCUT2D eigenvalue weighted by Crippen LogP contribution is 2.28. The molecule has 5 rings (SSSR count). The largest absolute Gasteiger partial charge is 0.381 e. The van der Waals surface area contributed by atoms with Crippen LogP contribution in [-0.4, -0.2) is 94.1 Å². The number of H-pyrrole nitrogens is 1. The molecule has 1 saturated carbocycles. The Morgan fingerprint density at radius 1 is 0.920 bits per heavy atom. The number of imidazole rings is 1. The first kappa shape index (κ1) is 37.0. The Labute approximate surface area is 294 Å². The predicted molar refractivity (Wildman–Crippen MR) is 190 cm³/mol. The molecule has 270 valence electrons. The maximum Gasteiger partial charge on any atom is 0.251 e. The third kappa shape index (κ3) is 10.4. The van der Waals surface area contributed by atoms with Crippen molar-refractivity contribution >= 4 is 34.4 Å². The minimum atomic E-state index is -1.46. The number of hydrogen-bond acceptors (Lipinski definition) is 7. The summed E-state index contributed by atoms with van der Waals surface area (Å²) in [5, 5.41) is 21.9. The smallest absolute Gasteiger partial charge is 0.251 e. The second-order valence-electron chi connectivity index (χ2n) is 14.0. The van der Waals surface area contributed by atoms with Crippen LogP contribution in [0.5, 0.6) is 0 Å². The Morgan fingerprint density at radius 3 is 2.38 bits per heavy atom. The Hall–Kier alpha value is -4.29. The quantitative estimate of drug-likeness (QED) is 0.164. The zero-order chi connectivity index (χ0) is 35.5. The van der Waals surface area contributed by atoms with Gasteiger partial charge in [-0.05, 0) is 48.9 Å². The van der Waals surface area contributed by atoms with Gasteiger partial charge in [-0.2, -0.15) is 0 Å². The van der Waals surface area contributed by atoms with E-state index < -0.39 is 41.8 Å². The molecule has 12 heteroatoms. The normalized spacial score (nSPS) is 17.9. The number of ether oxygens (including phenoxy) is 1. The van der Waals surface area contributed by atoms with Crippen molar-refractivity contribution in [3.8, 4) is 0 Å². The Kier molecular flexibility index (Phi) is 13.4. The molecule has 2 aliphatic rings. The molecule has 1 aliphatic heterocycles. The van der Waals surface area contributed by atoms with Gasteiger partial charge < -0.3 is 35.7 Å². The lowest BCUT2D eigenvalue weighted by atomic mass is 9.83. The standard InChI is InChI=1S/C38H52N6O6/c1-25(2)41-38(49)35(46)32(19-26-9-4-3-5-10-26)42-37(48)33(22-30-23-39-24-40-30)43-36(47)29(21-34(45)44-15-17-50-18-16-44)20-28-13-8-12-27-11-6-7-14-31(27)28/h6-8,11-14,23-26,29,32-33,35,46H,3-5,9-10,15-22H2,1-2H3,(H,39,40)(H,41,49)(H,42,48)(H,43,47)/t29-,32+,33+,35-/m1/s1. The zero-order valence-electron chi connectivity index (χ0n) is 29.2. The van der Waals surface area contributed by atoms with Crippen LogP contribution in [0.1, 0.15) is 70.1 Å². The van der Waals surface area contributed by atoms with Gasteiger partial charge in [-0.15, -0.1) is 0 Å². The minimum absolute atomic E-state index is 0.0359. The molecule has 5 N–H and O–H groups in total. The lowest BCUT2D eigenvalue weighted by molar-refractivity contribution is -0.140. The molecular weight excluding hydrogens is 636 g/mol. The number of morpholine rings is 1. The van der Waals surface area contributed by atoms with Gasteiger partial charge in [0.2, 0.25) is 17.7 Å². The van der Waals surface area contributed by atoms with Gasteiger partial charge in [0.05, 0.1) is 31.5 Å². The number of carbonyl (C=O) groups is 4. The monoisotopic (exact) mass is 688 g/mol.